The average molecular weight is 421 g/mol. The average Bonchev–Trinajstić information content (AvgIpc) is 3.13. The third kappa shape index (κ3) is 4.61. The first kappa shape index (κ1) is 20.1. The summed E-state index contributed by atoms with van der Waals surface area (Å²) in [5.41, 5.74) is 1.71. The molecule has 0 atom stereocenters. The summed E-state index contributed by atoms with van der Waals surface area (Å²) in [6.07, 6.45) is 1.45. The van der Waals surface area contributed by atoms with E-state index in [0.717, 1.165) is 5.56 Å². The van der Waals surface area contributed by atoms with Crippen LogP contribution in [0.15, 0.2) is 75.1 Å². The van der Waals surface area contributed by atoms with Gasteiger partial charge in [-0.1, -0.05) is 23.8 Å². The number of rotatable bonds is 7. The quantitative estimate of drug-likeness (QED) is 0.611. The Hall–Kier alpha value is -2.62. The fourth-order valence-corrected chi connectivity index (χ4v) is 5.02. The molecule has 3 rings (SSSR count). The van der Waals surface area contributed by atoms with E-state index in [2.05, 4.69) is 9.44 Å². The van der Waals surface area contributed by atoms with Crippen molar-refractivity contribution < 1.29 is 21.3 Å². The lowest BCUT2D eigenvalue weighted by molar-refractivity contribution is 0.498. The second-order valence-electron chi connectivity index (χ2n) is 6.31. The molecule has 2 aromatic carbocycles. The van der Waals surface area contributed by atoms with Gasteiger partial charge in [-0.2, -0.15) is 0 Å². The van der Waals surface area contributed by atoms with Gasteiger partial charge in [0.25, 0.3) is 10.0 Å². The number of hydrogen-bond acceptors (Lipinski definition) is 5. The highest BCUT2D eigenvalue weighted by molar-refractivity contribution is 7.92. The molecular weight excluding hydrogens is 400 g/mol. The van der Waals surface area contributed by atoms with E-state index < -0.39 is 20.0 Å². The van der Waals surface area contributed by atoms with E-state index in [1.807, 2.05) is 6.92 Å². The molecule has 0 saturated carbocycles. The van der Waals surface area contributed by atoms with Crippen LogP contribution in [0.3, 0.4) is 0 Å². The van der Waals surface area contributed by atoms with Gasteiger partial charge in [0.05, 0.1) is 28.3 Å². The molecule has 1 heterocycles. The molecule has 0 radical (unpaired) electrons. The largest absolute Gasteiger partial charge is 0.468 e. The van der Waals surface area contributed by atoms with Crippen molar-refractivity contribution >= 4 is 25.7 Å². The van der Waals surface area contributed by atoms with Crippen molar-refractivity contribution in [3.05, 3.63) is 77.7 Å². The van der Waals surface area contributed by atoms with Crippen LogP contribution in [0.1, 0.15) is 16.9 Å². The summed E-state index contributed by atoms with van der Waals surface area (Å²) in [7, 11) is -7.69. The Balaban J connectivity index is 1.82. The molecule has 148 valence electrons. The Kier molecular flexibility index (Phi) is 5.59. The monoisotopic (exact) mass is 420 g/mol. The maximum atomic E-state index is 12.7. The van der Waals surface area contributed by atoms with Crippen LogP contribution >= 0.6 is 0 Å². The van der Waals surface area contributed by atoms with Crippen LogP contribution in [0.2, 0.25) is 0 Å². The SMILES string of the molecule is Cc1ccc(S(=O)(=O)Nc2cccc(S(=O)(=O)NCc3ccco3)c2)c(C)c1. The summed E-state index contributed by atoms with van der Waals surface area (Å²) >= 11 is 0. The molecular formula is C19H20N2O5S2. The maximum Gasteiger partial charge on any atom is 0.262 e. The fraction of sp³-hybridized carbons (Fsp3) is 0.158. The summed E-state index contributed by atoms with van der Waals surface area (Å²) in [6.45, 7) is 3.58. The number of benzene rings is 2. The van der Waals surface area contributed by atoms with Crippen molar-refractivity contribution in [1.82, 2.24) is 4.72 Å². The fourth-order valence-electron chi connectivity index (χ4n) is 2.70. The van der Waals surface area contributed by atoms with Gasteiger partial charge in [-0.25, -0.2) is 21.6 Å². The van der Waals surface area contributed by atoms with E-state index in [1.54, 1.807) is 31.2 Å². The van der Waals surface area contributed by atoms with Gasteiger partial charge >= 0.3 is 0 Å². The molecule has 9 heteroatoms. The molecule has 3 aromatic rings. The van der Waals surface area contributed by atoms with Crippen LogP contribution < -0.4 is 9.44 Å². The second-order valence-corrected chi connectivity index (χ2v) is 9.72. The zero-order valence-corrected chi connectivity index (χ0v) is 17.0. The van der Waals surface area contributed by atoms with Crippen molar-refractivity contribution in [1.29, 1.82) is 0 Å². The number of hydrogen-bond donors (Lipinski definition) is 2. The number of anilines is 1. The molecule has 0 fully saturated rings. The number of aryl methyl sites for hydroxylation is 2. The molecule has 0 saturated heterocycles. The highest BCUT2D eigenvalue weighted by Gasteiger charge is 2.19. The van der Waals surface area contributed by atoms with Crippen LogP contribution in [-0.2, 0) is 26.6 Å². The van der Waals surface area contributed by atoms with E-state index in [0.29, 0.717) is 11.3 Å². The Labute approximate surface area is 164 Å². The topological polar surface area (TPSA) is 105 Å². The highest BCUT2D eigenvalue weighted by atomic mass is 32.2. The van der Waals surface area contributed by atoms with E-state index >= 15 is 0 Å². The predicted octanol–water partition coefficient (Wildman–Crippen LogP) is 3.18. The first-order chi connectivity index (χ1) is 13.2. The lowest BCUT2D eigenvalue weighted by Gasteiger charge is -2.12. The molecule has 0 aliphatic heterocycles. The Morgan fingerprint density at radius 1 is 0.893 bits per heavy atom. The molecule has 7 nitrogen and oxygen atoms in total. The van der Waals surface area contributed by atoms with E-state index in [4.69, 9.17) is 4.42 Å². The minimum Gasteiger partial charge on any atom is -0.468 e. The van der Waals surface area contributed by atoms with E-state index in [9.17, 15) is 16.8 Å². The third-order valence-corrected chi connectivity index (χ3v) is 6.97. The molecule has 0 spiro atoms. The van der Waals surface area contributed by atoms with Crippen molar-refractivity contribution in [2.75, 3.05) is 4.72 Å². The lowest BCUT2D eigenvalue weighted by atomic mass is 10.2. The van der Waals surface area contributed by atoms with Crippen LogP contribution in [0.5, 0.6) is 0 Å². The maximum absolute atomic E-state index is 12.7. The Bertz CT molecular complexity index is 1180. The van der Waals surface area contributed by atoms with Gasteiger partial charge in [-0.3, -0.25) is 4.72 Å². The summed E-state index contributed by atoms with van der Waals surface area (Å²) in [6, 6.07) is 13.9. The van der Waals surface area contributed by atoms with Crippen molar-refractivity contribution in [3.63, 3.8) is 0 Å². The lowest BCUT2D eigenvalue weighted by Crippen LogP contribution is -2.23. The Morgan fingerprint density at radius 3 is 2.36 bits per heavy atom. The second kappa shape index (κ2) is 7.78. The number of furan rings is 1. The van der Waals surface area contributed by atoms with Gasteiger partial charge in [0.2, 0.25) is 10.0 Å². The van der Waals surface area contributed by atoms with Gasteiger partial charge in [-0.05, 0) is 55.8 Å². The molecule has 1 aromatic heterocycles. The van der Waals surface area contributed by atoms with Crippen LogP contribution in [0.25, 0.3) is 0 Å². The molecule has 0 aliphatic carbocycles. The Morgan fingerprint density at radius 2 is 1.68 bits per heavy atom. The summed E-state index contributed by atoms with van der Waals surface area (Å²) in [5.74, 6) is 0.468. The first-order valence-corrected chi connectivity index (χ1v) is 11.4. The summed E-state index contributed by atoms with van der Waals surface area (Å²) < 4.78 is 60.3. The van der Waals surface area contributed by atoms with Crippen molar-refractivity contribution in [3.8, 4) is 0 Å². The number of nitrogens with one attached hydrogen (secondary N) is 2. The predicted molar refractivity (Wildman–Crippen MR) is 106 cm³/mol. The van der Waals surface area contributed by atoms with E-state index in [1.165, 1.54) is 36.6 Å². The molecule has 0 amide bonds. The third-order valence-electron chi connectivity index (χ3n) is 4.03. The van der Waals surface area contributed by atoms with Crippen molar-refractivity contribution in [2.24, 2.45) is 0 Å². The van der Waals surface area contributed by atoms with Gasteiger partial charge in [0, 0.05) is 0 Å². The molecule has 0 unspecified atom stereocenters. The van der Waals surface area contributed by atoms with Gasteiger partial charge in [0.1, 0.15) is 5.76 Å². The minimum atomic E-state index is -3.85. The smallest absolute Gasteiger partial charge is 0.262 e. The summed E-state index contributed by atoms with van der Waals surface area (Å²) in [5, 5.41) is 0. The minimum absolute atomic E-state index is 0.00610. The molecule has 0 aliphatic rings. The van der Waals surface area contributed by atoms with Gasteiger partial charge < -0.3 is 4.42 Å². The zero-order chi connectivity index (χ0) is 20.4. The first-order valence-electron chi connectivity index (χ1n) is 8.39. The van der Waals surface area contributed by atoms with Crippen LogP contribution in [0.4, 0.5) is 5.69 Å². The van der Waals surface area contributed by atoms with E-state index in [-0.39, 0.29) is 22.0 Å². The van der Waals surface area contributed by atoms with Gasteiger partial charge in [-0.15, -0.1) is 0 Å². The van der Waals surface area contributed by atoms with Crippen molar-refractivity contribution in [2.45, 2.75) is 30.2 Å². The van der Waals surface area contributed by atoms with Crippen LogP contribution in [0, 0.1) is 13.8 Å². The standard InChI is InChI=1S/C19H20N2O5S2/c1-14-8-9-19(15(2)11-14)28(24,25)21-16-5-3-7-18(12-16)27(22,23)20-13-17-6-4-10-26-17/h3-12,20-21H,13H2,1-2H3. The number of sulfonamides is 2. The molecule has 0 bridgehead atoms. The highest BCUT2D eigenvalue weighted by Crippen LogP contribution is 2.22. The zero-order valence-electron chi connectivity index (χ0n) is 15.3. The van der Waals surface area contributed by atoms with Gasteiger partial charge in [0.15, 0.2) is 0 Å². The normalized spacial score (nSPS) is 12.1. The molecule has 2 N–H and O–H groups in total. The van der Waals surface area contributed by atoms with Crippen LogP contribution in [-0.4, -0.2) is 16.8 Å². The molecule has 28 heavy (non-hydrogen) atoms. The summed E-state index contributed by atoms with van der Waals surface area (Å²) in [4.78, 5) is 0.0854.